The van der Waals surface area contributed by atoms with E-state index in [1.807, 2.05) is 0 Å². The molecule has 0 aliphatic rings. The van der Waals surface area contributed by atoms with Crippen LogP contribution in [0.4, 0.5) is 0 Å². The van der Waals surface area contributed by atoms with E-state index in [-0.39, 0.29) is 5.75 Å². The van der Waals surface area contributed by atoms with Crippen LogP contribution < -0.4 is 15.2 Å². The van der Waals surface area contributed by atoms with Crippen molar-refractivity contribution in [2.75, 3.05) is 20.8 Å². The minimum absolute atomic E-state index is 0.144. The molecule has 1 aromatic carbocycles. The first-order valence-electron chi connectivity index (χ1n) is 4.87. The van der Waals surface area contributed by atoms with Gasteiger partial charge in [0.05, 0.1) is 14.2 Å². The van der Waals surface area contributed by atoms with Crippen molar-refractivity contribution in [2.24, 2.45) is 5.73 Å². The van der Waals surface area contributed by atoms with Gasteiger partial charge in [-0.1, -0.05) is 0 Å². The van der Waals surface area contributed by atoms with Gasteiger partial charge in [0.2, 0.25) is 0 Å². The van der Waals surface area contributed by atoms with Crippen LogP contribution >= 0.6 is 0 Å². The van der Waals surface area contributed by atoms with Crippen LogP contribution in [-0.4, -0.2) is 25.9 Å². The summed E-state index contributed by atoms with van der Waals surface area (Å²) in [6.45, 7) is 0.583. The van der Waals surface area contributed by atoms with Crippen molar-refractivity contribution in [3.8, 4) is 17.2 Å². The van der Waals surface area contributed by atoms with Crippen molar-refractivity contribution in [2.45, 2.75) is 12.8 Å². The highest BCUT2D eigenvalue weighted by Gasteiger charge is 2.12. The molecule has 15 heavy (non-hydrogen) atoms. The Kier molecular flexibility index (Phi) is 4.24. The summed E-state index contributed by atoms with van der Waals surface area (Å²) in [5, 5.41) is 9.88. The Labute approximate surface area is 89.6 Å². The van der Waals surface area contributed by atoms with Gasteiger partial charge in [0.15, 0.2) is 11.5 Å². The fourth-order valence-corrected chi connectivity index (χ4v) is 1.47. The van der Waals surface area contributed by atoms with Gasteiger partial charge < -0.3 is 20.3 Å². The van der Waals surface area contributed by atoms with Crippen LogP contribution in [0.3, 0.4) is 0 Å². The summed E-state index contributed by atoms with van der Waals surface area (Å²) >= 11 is 0. The van der Waals surface area contributed by atoms with Crippen LogP contribution in [0.15, 0.2) is 12.1 Å². The molecule has 0 fully saturated rings. The minimum atomic E-state index is 0.144. The zero-order valence-electron chi connectivity index (χ0n) is 9.12. The molecule has 4 nitrogen and oxygen atoms in total. The molecule has 0 saturated heterocycles. The second kappa shape index (κ2) is 5.46. The predicted octanol–water partition coefficient (Wildman–Crippen LogP) is 1.30. The molecule has 0 aromatic heterocycles. The number of rotatable bonds is 5. The summed E-state index contributed by atoms with van der Waals surface area (Å²) in [5.74, 6) is 1.27. The van der Waals surface area contributed by atoms with Crippen LogP contribution in [0.2, 0.25) is 0 Å². The van der Waals surface area contributed by atoms with Crippen LogP contribution in [0.5, 0.6) is 17.2 Å². The molecular formula is C11H17NO3. The number of benzene rings is 1. The van der Waals surface area contributed by atoms with Crippen LogP contribution in [0.1, 0.15) is 12.0 Å². The average Bonchev–Trinajstić information content (AvgIpc) is 2.27. The molecule has 0 aliphatic carbocycles. The van der Waals surface area contributed by atoms with Gasteiger partial charge >= 0.3 is 0 Å². The first kappa shape index (κ1) is 11.7. The maximum Gasteiger partial charge on any atom is 0.164 e. The Morgan fingerprint density at radius 2 is 1.80 bits per heavy atom. The van der Waals surface area contributed by atoms with Gasteiger partial charge in [-0.2, -0.15) is 0 Å². The lowest BCUT2D eigenvalue weighted by molar-refractivity contribution is 0.360. The molecule has 0 radical (unpaired) electrons. The summed E-state index contributed by atoms with van der Waals surface area (Å²) in [5.41, 5.74) is 6.19. The van der Waals surface area contributed by atoms with Crippen LogP contribution in [-0.2, 0) is 6.42 Å². The summed E-state index contributed by atoms with van der Waals surface area (Å²) in [6.07, 6.45) is 1.49. The highest BCUT2D eigenvalue weighted by Crippen LogP contribution is 2.36. The van der Waals surface area contributed by atoms with E-state index < -0.39 is 0 Å². The molecule has 0 aliphatic heterocycles. The van der Waals surface area contributed by atoms with Gasteiger partial charge in [-0.15, -0.1) is 0 Å². The number of aromatic hydroxyl groups is 1. The second-order valence-electron chi connectivity index (χ2n) is 3.19. The zero-order chi connectivity index (χ0) is 11.3. The maximum atomic E-state index is 9.88. The molecule has 4 heteroatoms. The van der Waals surface area contributed by atoms with Crippen LogP contribution in [0, 0.1) is 0 Å². The van der Waals surface area contributed by atoms with Gasteiger partial charge in [-0.3, -0.25) is 0 Å². The summed E-state index contributed by atoms with van der Waals surface area (Å²) in [7, 11) is 3.10. The van der Waals surface area contributed by atoms with E-state index in [1.54, 1.807) is 19.2 Å². The third-order valence-corrected chi connectivity index (χ3v) is 2.27. The van der Waals surface area contributed by atoms with E-state index in [2.05, 4.69) is 0 Å². The number of phenolic OH excluding ortho intramolecular Hbond substituents is 1. The molecule has 0 bridgehead atoms. The molecule has 1 aromatic rings. The fourth-order valence-electron chi connectivity index (χ4n) is 1.47. The third kappa shape index (κ3) is 2.53. The van der Waals surface area contributed by atoms with E-state index in [0.717, 1.165) is 12.0 Å². The highest BCUT2D eigenvalue weighted by molar-refractivity contribution is 5.53. The summed E-state index contributed by atoms with van der Waals surface area (Å²) in [6, 6.07) is 3.46. The van der Waals surface area contributed by atoms with E-state index in [0.29, 0.717) is 24.5 Å². The normalized spacial score (nSPS) is 10.1. The summed E-state index contributed by atoms with van der Waals surface area (Å²) in [4.78, 5) is 0. The number of phenols is 1. The number of hydrogen-bond donors (Lipinski definition) is 2. The SMILES string of the molecule is COc1ccc(OC)c(CCCN)c1O. The first-order chi connectivity index (χ1) is 7.24. The van der Waals surface area contributed by atoms with E-state index in [9.17, 15) is 5.11 Å². The van der Waals surface area contributed by atoms with E-state index >= 15 is 0 Å². The van der Waals surface area contributed by atoms with Crippen molar-refractivity contribution in [3.63, 3.8) is 0 Å². The molecule has 0 heterocycles. The average molecular weight is 211 g/mol. The first-order valence-corrected chi connectivity index (χ1v) is 4.87. The topological polar surface area (TPSA) is 64.7 Å². The number of nitrogens with two attached hydrogens (primary N) is 1. The molecule has 0 unspecified atom stereocenters. The van der Waals surface area contributed by atoms with Crippen molar-refractivity contribution in [1.29, 1.82) is 0 Å². The largest absolute Gasteiger partial charge is 0.504 e. The Balaban J connectivity index is 3.05. The Hall–Kier alpha value is -1.42. The minimum Gasteiger partial charge on any atom is -0.504 e. The van der Waals surface area contributed by atoms with E-state index in [4.69, 9.17) is 15.2 Å². The zero-order valence-corrected chi connectivity index (χ0v) is 9.12. The molecule has 3 N–H and O–H groups in total. The van der Waals surface area contributed by atoms with Gasteiger partial charge in [-0.25, -0.2) is 0 Å². The quantitative estimate of drug-likeness (QED) is 0.770. The van der Waals surface area contributed by atoms with Gasteiger partial charge in [0, 0.05) is 5.56 Å². The summed E-state index contributed by atoms with van der Waals surface area (Å²) < 4.78 is 10.2. The van der Waals surface area contributed by atoms with Crippen molar-refractivity contribution in [1.82, 2.24) is 0 Å². The standard InChI is InChI=1S/C11H17NO3/c1-14-9-5-6-10(15-2)11(13)8(9)4-3-7-12/h5-6,13H,3-4,7,12H2,1-2H3. The molecule has 84 valence electrons. The third-order valence-electron chi connectivity index (χ3n) is 2.27. The molecular weight excluding hydrogens is 194 g/mol. The lowest BCUT2D eigenvalue weighted by atomic mass is 10.1. The van der Waals surface area contributed by atoms with E-state index in [1.165, 1.54) is 7.11 Å². The highest BCUT2D eigenvalue weighted by atomic mass is 16.5. The van der Waals surface area contributed by atoms with Crippen LogP contribution in [0.25, 0.3) is 0 Å². The van der Waals surface area contributed by atoms with Crippen molar-refractivity contribution in [3.05, 3.63) is 17.7 Å². The number of hydrogen-bond acceptors (Lipinski definition) is 4. The number of methoxy groups -OCH3 is 2. The number of ether oxygens (including phenoxy) is 2. The van der Waals surface area contributed by atoms with Crippen molar-refractivity contribution < 1.29 is 14.6 Å². The lowest BCUT2D eigenvalue weighted by Gasteiger charge is -2.12. The Bertz CT molecular complexity index is 326. The molecule has 1 rings (SSSR count). The Morgan fingerprint density at radius 1 is 1.20 bits per heavy atom. The lowest BCUT2D eigenvalue weighted by Crippen LogP contribution is -2.02. The molecule has 0 spiro atoms. The molecule has 0 amide bonds. The van der Waals surface area contributed by atoms with Gasteiger partial charge in [0.1, 0.15) is 5.75 Å². The monoisotopic (exact) mass is 211 g/mol. The Morgan fingerprint density at radius 3 is 2.33 bits per heavy atom. The van der Waals surface area contributed by atoms with Gasteiger partial charge in [-0.05, 0) is 31.5 Å². The smallest absolute Gasteiger partial charge is 0.164 e. The fraction of sp³-hybridized carbons (Fsp3) is 0.455. The second-order valence-corrected chi connectivity index (χ2v) is 3.19. The molecule has 0 saturated carbocycles. The maximum absolute atomic E-state index is 9.88. The molecule has 0 atom stereocenters. The van der Waals surface area contributed by atoms with Gasteiger partial charge in [0.25, 0.3) is 0 Å². The predicted molar refractivity (Wildman–Crippen MR) is 58.6 cm³/mol. The van der Waals surface area contributed by atoms with Crippen molar-refractivity contribution >= 4 is 0 Å².